The maximum atomic E-state index is 12.9. The molecule has 0 unspecified atom stereocenters. The van der Waals surface area contributed by atoms with Gasteiger partial charge in [0.05, 0.1) is 22.9 Å². The van der Waals surface area contributed by atoms with Crippen molar-refractivity contribution in [3.63, 3.8) is 0 Å². The highest BCUT2D eigenvalue weighted by Crippen LogP contribution is 2.24. The molecule has 7 nitrogen and oxygen atoms in total. The van der Waals surface area contributed by atoms with Crippen LogP contribution < -0.4 is 4.90 Å². The van der Waals surface area contributed by atoms with Crippen LogP contribution >= 0.6 is 0 Å². The van der Waals surface area contributed by atoms with Crippen molar-refractivity contribution in [1.82, 2.24) is 4.98 Å². The van der Waals surface area contributed by atoms with Gasteiger partial charge in [0.25, 0.3) is 0 Å². The minimum atomic E-state index is -3.18. The number of nitrogens with zero attached hydrogens (tertiary/aromatic N) is 3. The lowest BCUT2D eigenvalue weighted by Crippen LogP contribution is -2.26. The van der Waals surface area contributed by atoms with Gasteiger partial charge in [0.2, 0.25) is 5.82 Å². The molecular weight excluding hydrogens is 265 g/mol. The zero-order chi connectivity index (χ0) is 13.9. The highest BCUT2D eigenvalue weighted by molar-refractivity contribution is 7.90. The van der Waals surface area contributed by atoms with Crippen LogP contribution in [0, 0.1) is 15.9 Å². The summed E-state index contributed by atoms with van der Waals surface area (Å²) in [5, 5.41) is 10.7. The van der Waals surface area contributed by atoms with E-state index in [9.17, 15) is 22.9 Å². The number of anilines is 1. The Balaban J connectivity index is 2.98. The van der Waals surface area contributed by atoms with Gasteiger partial charge in [0, 0.05) is 19.8 Å². The van der Waals surface area contributed by atoms with Crippen LogP contribution in [0.25, 0.3) is 0 Å². The Morgan fingerprint density at radius 2 is 2.17 bits per heavy atom. The molecule has 1 rings (SSSR count). The fraction of sp³-hybridized carbons (Fsp3) is 0.444. The van der Waals surface area contributed by atoms with Crippen molar-refractivity contribution in [3.8, 4) is 0 Å². The van der Waals surface area contributed by atoms with Crippen molar-refractivity contribution >= 4 is 21.3 Å². The lowest BCUT2D eigenvalue weighted by molar-refractivity contribution is -0.384. The first-order chi connectivity index (χ1) is 8.20. The van der Waals surface area contributed by atoms with Gasteiger partial charge in [0.15, 0.2) is 0 Å². The molecule has 1 aromatic heterocycles. The van der Waals surface area contributed by atoms with E-state index in [1.165, 1.54) is 11.9 Å². The van der Waals surface area contributed by atoms with Gasteiger partial charge in [-0.15, -0.1) is 0 Å². The minimum absolute atomic E-state index is 0.0400. The third-order valence-electron chi connectivity index (χ3n) is 2.17. The van der Waals surface area contributed by atoms with E-state index in [1.807, 2.05) is 0 Å². The molecule has 0 amide bonds. The van der Waals surface area contributed by atoms with Crippen LogP contribution in [0.15, 0.2) is 12.3 Å². The maximum absolute atomic E-state index is 12.9. The lowest BCUT2D eigenvalue weighted by atomic mass is 10.3. The molecule has 18 heavy (non-hydrogen) atoms. The SMILES string of the molecule is CN(CCS(C)(=O)=O)c1ncc(F)cc1[N+](=O)[O-]. The minimum Gasteiger partial charge on any atom is -0.353 e. The predicted molar refractivity (Wildman–Crippen MR) is 63.8 cm³/mol. The van der Waals surface area contributed by atoms with Gasteiger partial charge in [0.1, 0.15) is 15.7 Å². The van der Waals surface area contributed by atoms with Gasteiger partial charge in [-0.1, -0.05) is 0 Å². The van der Waals surface area contributed by atoms with Crippen molar-refractivity contribution in [3.05, 3.63) is 28.2 Å². The van der Waals surface area contributed by atoms with E-state index in [0.717, 1.165) is 18.5 Å². The second-order valence-corrected chi connectivity index (χ2v) is 6.06. The Bertz CT molecular complexity index is 561. The number of pyridine rings is 1. The van der Waals surface area contributed by atoms with Crippen LogP contribution in [0.4, 0.5) is 15.9 Å². The third-order valence-corrected chi connectivity index (χ3v) is 3.09. The molecule has 0 aliphatic carbocycles. The van der Waals surface area contributed by atoms with Crippen molar-refractivity contribution in [2.24, 2.45) is 0 Å². The standard InChI is InChI=1S/C9H12FN3O4S/c1-12(3-4-18(2,16)17)9-8(13(14)15)5-7(10)6-11-9/h5-6H,3-4H2,1-2H3. The number of aromatic nitrogens is 1. The van der Waals surface area contributed by atoms with Crippen molar-refractivity contribution in [2.75, 3.05) is 30.5 Å². The molecule has 9 heteroatoms. The molecule has 0 saturated carbocycles. The quantitative estimate of drug-likeness (QED) is 0.578. The maximum Gasteiger partial charge on any atom is 0.314 e. The summed E-state index contributed by atoms with van der Waals surface area (Å²) in [5.41, 5.74) is -0.494. The van der Waals surface area contributed by atoms with E-state index in [4.69, 9.17) is 0 Å². The molecule has 0 fully saturated rings. The molecule has 0 N–H and O–H groups in total. The highest BCUT2D eigenvalue weighted by Gasteiger charge is 2.20. The number of hydrogen-bond donors (Lipinski definition) is 0. The topological polar surface area (TPSA) is 93.4 Å². The van der Waals surface area contributed by atoms with Crippen LogP contribution in [0.3, 0.4) is 0 Å². The Morgan fingerprint density at radius 1 is 1.56 bits per heavy atom. The van der Waals surface area contributed by atoms with E-state index in [2.05, 4.69) is 4.98 Å². The summed E-state index contributed by atoms with van der Waals surface area (Å²) in [6, 6.07) is 0.749. The van der Waals surface area contributed by atoms with Gasteiger partial charge < -0.3 is 4.90 Å². The average molecular weight is 277 g/mol. The lowest BCUT2D eigenvalue weighted by Gasteiger charge is -2.17. The molecule has 0 aliphatic rings. The monoisotopic (exact) mass is 277 g/mol. The van der Waals surface area contributed by atoms with E-state index in [0.29, 0.717) is 0 Å². The molecule has 0 saturated heterocycles. The molecule has 100 valence electrons. The van der Waals surface area contributed by atoms with Gasteiger partial charge in [-0.05, 0) is 0 Å². The summed E-state index contributed by atoms with van der Waals surface area (Å²) in [4.78, 5) is 14.9. The molecule has 0 aromatic carbocycles. The van der Waals surface area contributed by atoms with Crippen LogP contribution in [-0.4, -0.2) is 43.9 Å². The number of halogens is 1. The van der Waals surface area contributed by atoms with Gasteiger partial charge in [-0.2, -0.15) is 0 Å². The molecule has 1 aromatic rings. The van der Waals surface area contributed by atoms with Gasteiger partial charge >= 0.3 is 5.69 Å². The van der Waals surface area contributed by atoms with Crippen molar-refractivity contribution in [1.29, 1.82) is 0 Å². The van der Waals surface area contributed by atoms with Crippen LogP contribution in [0.1, 0.15) is 0 Å². The van der Waals surface area contributed by atoms with Gasteiger partial charge in [-0.3, -0.25) is 10.1 Å². The number of hydrogen-bond acceptors (Lipinski definition) is 6. The average Bonchev–Trinajstić information content (AvgIpc) is 2.24. The third kappa shape index (κ3) is 3.91. The number of rotatable bonds is 5. The first kappa shape index (κ1) is 14.3. The van der Waals surface area contributed by atoms with Crippen molar-refractivity contribution in [2.45, 2.75) is 0 Å². The zero-order valence-electron chi connectivity index (χ0n) is 9.83. The van der Waals surface area contributed by atoms with Crippen LogP contribution in [-0.2, 0) is 9.84 Å². The second kappa shape index (κ2) is 5.25. The summed E-state index contributed by atoms with van der Waals surface area (Å²) in [6.45, 7) is 0.0400. The summed E-state index contributed by atoms with van der Waals surface area (Å²) in [7, 11) is -1.73. The summed E-state index contributed by atoms with van der Waals surface area (Å²) in [5.74, 6) is -1.05. The first-order valence-corrected chi connectivity index (χ1v) is 6.95. The molecule has 0 spiro atoms. The summed E-state index contributed by atoms with van der Waals surface area (Å²) in [6.07, 6.45) is 1.91. The normalized spacial score (nSPS) is 11.3. The Hall–Kier alpha value is -1.77. The summed E-state index contributed by atoms with van der Waals surface area (Å²) < 4.78 is 34.9. The highest BCUT2D eigenvalue weighted by atomic mass is 32.2. The Kier molecular flexibility index (Phi) is 4.17. The molecule has 0 radical (unpaired) electrons. The van der Waals surface area contributed by atoms with E-state index < -0.39 is 26.3 Å². The molecular formula is C9H12FN3O4S. The van der Waals surface area contributed by atoms with E-state index >= 15 is 0 Å². The Labute approximate surface area is 103 Å². The summed E-state index contributed by atoms with van der Waals surface area (Å²) >= 11 is 0. The Morgan fingerprint density at radius 3 is 2.67 bits per heavy atom. The molecule has 0 bridgehead atoms. The number of nitro groups is 1. The smallest absolute Gasteiger partial charge is 0.314 e. The van der Waals surface area contributed by atoms with E-state index in [-0.39, 0.29) is 18.1 Å². The number of sulfone groups is 1. The largest absolute Gasteiger partial charge is 0.353 e. The van der Waals surface area contributed by atoms with Gasteiger partial charge in [-0.25, -0.2) is 17.8 Å². The van der Waals surface area contributed by atoms with Crippen LogP contribution in [0.2, 0.25) is 0 Å². The fourth-order valence-corrected chi connectivity index (χ4v) is 1.86. The van der Waals surface area contributed by atoms with Crippen LogP contribution in [0.5, 0.6) is 0 Å². The predicted octanol–water partition coefficient (Wildman–Crippen LogP) is 0.610. The molecule has 1 heterocycles. The fourth-order valence-electron chi connectivity index (χ4n) is 1.26. The van der Waals surface area contributed by atoms with E-state index in [1.54, 1.807) is 0 Å². The zero-order valence-corrected chi connectivity index (χ0v) is 10.6. The first-order valence-electron chi connectivity index (χ1n) is 4.89. The molecule has 0 aliphatic heterocycles. The second-order valence-electron chi connectivity index (χ2n) is 3.80. The van der Waals surface area contributed by atoms with Crippen molar-refractivity contribution < 1.29 is 17.7 Å². The molecule has 0 atom stereocenters.